The van der Waals surface area contributed by atoms with Crippen LogP contribution in [-0.4, -0.2) is 13.0 Å². The normalized spacial score (nSPS) is 10.5. The molecule has 3 aromatic rings. The molecule has 0 aliphatic carbocycles. The Morgan fingerprint density at radius 1 is 1.08 bits per heavy atom. The number of hydrogen-bond acceptors (Lipinski definition) is 3. The van der Waals surface area contributed by atoms with E-state index in [2.05, 4.69) is 0 Å². The van der Waals surface area contributed by atoms with E-state index in [0.29, 0.717) is 11.3 Å². The van der Waals surface area contributed by atoms with Crippen molar-refractivity contribution in [1.82, 2.24) is 0 Å². The van der Waals surface area contributed by atoms with Crippen LogP contribution < -0.4 is 9.64 Å². The van der Waals surface area contributed by atoms with Gasteiger partial charge in [0, 0.05) is 24.4 Å². The van der Waals surface area contributed by atoms with Crippen LogP contribution in [0.4, 0.5) is 14.5 Å². The van der Waals surface area contributed by atoms with E-state index < -0.39 is 17.5 Å². The van der Waals surface area contributed by atoms with E-state index in [4.69, 9.17) is 9.15 Å². The van der Waals surface area contributed by atoms with Gasteiger partial charge in [0.05, 0.1) is 6.26 Å². The van der Waals surface area contributed by atoms with Crippen LogP contribution >= 0.6 is 0 Å². The number of halogens is 2. The van der Waals surface area contributed by atoms with E-state index >= 15 is 0 Å². The first kappa shape index (κ1) is 16.7. The monoisotopic (exact) mass is 343 g/mol. The Bertz CT molecular complexity index is 877. The fourth-order valence-corrected chi connectivity index (χ4v) is 2.28. The predicted molar refractivity (Wildman–Crippen MR) is 88.6 cm³/mol. The summed E-state index contributed by atoms with van der Waals surface area (Å²) in [6.45, 7) is 0.146. The summed E-state index contributed by atoms with van der Waals surface area (Å²) in [6.07, 6.45) is 1.38. The molecule has 2 aromatic carbocycles. The predicted octanol–water partition coefficient (Wildman–Crippen LogP) is 4.41. The first-order valence-electron chi connectivity index (χ1n) is 7.53. The lowest BCUT2D eigenvalue weighted by atomic mass is 10.2. The molecular formula is C19H15F2NO3. The second-order valence-corrected chi connectivity index (χ2v) is 5.34. The highest BCUT2D eigenvalue weighted by Gasteiger charge is 2.21. The average molecular weight is 343 g/mol. The molecule has 0 unspecified atom stereocenters. The van der Waals surface area contributed by atoms with Crippen molar-refractivity contribution in [2.45, 2.75) is 6.61 Å². The van der Waals surface area contributed by atoms with Crippen molar-refractivity contribution >= 4 is 11.6 Å². The highest BCUT2D eigenvalue weighted by atomic mass is 19.2. The topological polar surface area (TPSA) is 42.7 Å². The molecule has 0 fully saturated rings. The minimum Gasteiger partial charge on any atom is -0.489 e. The van der Waals surface area contributed by atoms with Gasteiger partial charge in [0.1, 0.15) is 12.4 Å². The molecule has 4 nitrogen and oxygen atoms in total. The van der Waals surface area contributed by atoms with Gasteiger partial charge in [-0.3, -0.25) is 4.79 Å². The number of benzene rings is 2. The molecule has 0 saturated heterocycles. The van der Waals surface area contributed by atoms with Crippen LogP contribution in [0.2, 0.25) is 0 Å². The summed E-state index contributed by atoms with van der Waals surface area (Å²) in [5, 5.41) is 0. The maximum absolute atomic E-state index is 13.4. The Morgan fingerprint density at radius 3 is 2.56 bits per heavy atom. The van der Waals surface area contributed by atoms with Crippen molar-refractivity contribution in [2.24, 2.45) is 0 Å². The van der Waals surface area contributed by atoms with Crippen LogP contribution in [0.1, 0.15) is 16.1 Å². The number of amides is 1. The first-order chi connectivity index (χ1) is 12.1. The molecule has 0 aliphatic rings. The van der Waals surface area contributed by atoms with Crippen LogP contribution in [-0.2, 0) is 6.61 Å². The zero-order chi connectivity index (χ0) is 17.8. The largest absolute Gasteiger partial charge is 0.489 e. The summed E-state index contributed by atoms with van der Waals surface area (Å²) in [5.41, 5.74) is 0.776. The smallest absolute Gasteiger partial charge is 0.294 e. The molecule has 0 aliphatic heterocycles. The molecule has 1 heterocycles. The molecule has 1 aromatic heterocycles. The van der Waals surface area contributed by atoms with Gasteiger partial charge in [-0.15, -0.1) is 0 Å². The summed E-state index contributed by atoms with van der Waals surface area (Å²) < 4.78 is 37.3. The zero-order valence-electron chi connectivity index (χ0n) is 13.4. The summed E-state index contributed by atoms with van der Waals surface area (Å²) >= 11 is 0. The standard InChI is InChI=1S/C19H15F2NO3/c1-22(14-7-8-16(20)17(21)11-14)19(23)18-13(9-10-24-18)12-25-15-5-3-2-4-6-15/h2-11H,12H2,1H3. The van der Waals surface area contributed by atoms with Crippen LogP contribution in [0, 0.1) is 11.6 Å². The number of carbonyl (C=O) groups excluding carboxylic acids is 1. The van der Waals surface area contributed by atoms with Gasteiger partial charge in [-0.05, 0) is 30.3 Å². The van der Waals surface area contributed by atoms with Gasteiger partial charge < -0.3 is 14.1 Å². The van der Waals surface area contributed by atoms with E-state index in [1.165, 1.54) is 24.3 Å². The van der Waals surface area contributed by atoms with Crippen LogP contribution in [0.15, 0.2) is 65.3 Å². The number of anilines is 1. The molecule has 25 heavy (non-hydrogen) atoms. The molecule has 3 rings (SSSR count). The van der Waals surface area contributed by atoms with Gasteiger partial charge in [0.15, 0.2) is 17.4 Å². The van der Waals surface area contributed by atoms with E-state index in [-0.39, 0.29) is 18.1 Å². The second kappa shape index (κ2) is 7.17. The maximum atomic E-state index is 13.4. The fourth-order valence-electron chi connectivity index (χ4n) is 2.28. The number of furan rings is 1. The van der Waals surface area contributed by atoms with Gasteiger partial charge in [-0.2, -0.15) is 0 Å². The van der Waals surface area contributed by atoms with Gasteiger partial charge in [-0.25, -0.2) is 8.78 Å². The second-order valence-electron chi connectivity index (χ2n) is 5.34. The molecule has 0 bridgehead atoms. The molecule has 0 atom stereocenters. The summed E-state index contributed by atoms with van der Waals surface area (Å²) in [5.74, 6) is -1.73. The molecule has 0 radical (unpaired) electrons. The first-order valence-corrected chi connectivity index (χ1v) is 7.53. The molecule has 0 saturated carbocycles. The summed E-state index contributed by atoms with van der Waals surface area (Å²) in [7, 11) is 1.46. The van der Waals surface area contributed by atoms with Crippen molar-refractivity contribution in [1.29, 1.82) is 0 Å². The highest BCUT2D eigenvalue weighted by Crippen LogP contribution is 2.22. The number of ether oxygens (including phenoxy) is 1. The van der Waals surface area contributed by atoms with Gasteiger partial charge >= 0.3 is 0 Å². The van der Waals surface area contributed by atoms with Gasteiger partial charge in [-0.1, -0.05) is 18.2 Å². The molecule has 0 N–H and O–H groups in total. The number of nitrogens with zero attached hydrogens (tertiary/aromatic N) is 1. The average Bonchev–Trinajstić information content (AvgIpc) is 3.10. The number of rotatable bonds is 5. The van der Waals surface area contributed by atoms with Crippen LogP contribution in [0.3, 0.4) is 0 Å². The summed E-state index contributed by atoms with van der Waals surface area (Å²) in [6, 6.07) is 14.0. The van der Waals surface area contributed by atoms with Crippen LogP contribution in [0.25, 0.3) is 0 Å². The SMILES string of the molecule is CN(C(=O)c1occc1COc1ccccc1)c1ccc(F)c(F)c1. The molecule has 1 amide bonds. The van der Waals surface area contributed by atoms with E-state index in [0.717, 1.165) is 12.1 Å². The third-order valence-electron chi connectivity index (χ3n) is 3.67. The van der Waals surface area contributed by atoms with E-state index in [1.807, 2.05) is 18.2 Å². The Hall–Kier alpha value is -3.15. The van der Waals surface area contributed by atoms with Crippen molar-refractivity contribution in [3.63, 3.8) is 0 Å². The highest BCUT2D eigenvalue weighted by molar-refractivity contribution is 6.04. The third kappa shape index (κ3) is 3.68. The van der Waals surface area contributed by atoms with E-state index in [1.54, 1.807) is 18.2 Å². The Labute approximate surface area is 143 Å². The lowest BCUT2D eigenvalue weighted by molar-refractivity contribution is 0.0963. The van der Waals surface area contributed by atoms with Crippen molar-refractivity contribution < 1.29 is 22.7 Å². The zero-order valence-corrected chi connectivity index (χ0v) is 13.4. The van der Waals surface area contributed by atoms with Gasteiger partial charge in [0.25, 0.3) is 5.91 Å². The summed E-state index contributed by atoms with van der Waals surface area (Å²) in [4.78, 5) is 13.8. The Kier molecular flexibility index (Phi) is 4.79. The number of para-hydroxylation sites is 1. The van der Waals surface area contributed by atoms with Crippen LogP contribution in [0.5, 0.6) is 5.75 Å². The molecular weight excluding hydrogens is 328 g/mol. The number of hydrogen-bond donors (Lipinski definition) is 0. The lowest BCUT2D eigenvalue weighted by Crippen LogP contribution is -2.27. The Balaban J connectivity index is 1.76. The number of carbonyl (C=O) groups is 1. The third-order valence-corrected chi connectivity index (χ3v) is 3.67. The van der Waals surface area contributed by atoms with Crippen molar-refractivity contribution in [3.05, 3.63) is 83.8 Å². The van der Waals surface area contributed by atoms with E-state index in [9.17, 15) is 13.6 Å². The van der Waals surface area contributed by atoms with Gasteiger partial charge in [0.2, 0.25) is 0 Å². The minimum atomic E-state index is -1.02. The van der Waals surface area contributed by atoms with Crippen molar-refractivity contribution in [3.8, 4) is 5.75 Å². The van der Waals surface area contributed by atoms with Crippen molar-refractivity contribution in [2.75, 3.05) is 11.9 Å². The maximum Gasteiger partial charge on any atom is 0.294 e. The molecule has 128 valence electrons. The minimum absolute atomic E-state index is 0.0863. The quantitative estimate of drug-likeness (QED) is 0.689. The Morgan fingerprint density at radius 2 is 1.84 bits per heavy atom. The molecule has 0 spiro atoms. The fraction of sp³-hybridized carbons (Fsp3) is 0.105. The lowest BCUT2D eigenvalue weighted by Gasteiger charge is -2.17. The molecule has 6 heteroatoms.